The minimum absolute atomic E-state index is 0.599. The van der Waals surface area contributed by atoms with Gasteiger partial charge >= 0.3 is 0 Å². The summed E-state index contributed by atoms with van der Waals surface area (Å²) in [6.07, 6.45) is 4.36. The van der Waals surface area contributed by atoms with Crippen molar-refractivity contribution < 1.29 is 0 Å². The first-order chi connectivity index (χ1) is 8.83. The minimum atomic E-state index is 0.599. The molecule has 1 saturated heterocycles. The lowest BCUT2D eigenvalue weighted by Crippen LogP contribution is -2.24. The Kier molecular flexibility index (Phi) is 3.75. The Balaban J connectivity index is 1.91. The molecule has 0 spiro atoms. The van der Waals surface area contributed by atoms with Gasteiger partial charge in [-0.25, -0.2) is 0 Å². The highest BCUT2D eigenvalue weighted by Crippen LogP contribution is 2.27. The molecule has 0 radical (unpaired) electrons. The minimum Gasteiger partial charge on any atom is -0.380 e. The van der Waals surface area contributed by atoms with Gasteiger partial charge in [-0.3, -0.25) is 4.98 Å². The zero-order chi connectivity index (χ0) is 12.4. The molecule has 1 fully saturated rings. The summed E-state index contributed by atoms with van der Waals surface area (Å²) in [7, 11) is 0. The number of nitrogens with one attached hydrogen (secondary N) is 1. The second-order valence-corrected chi connectivity index (χ2v) is 6.70. The Bertz CT molecular complexity index is 552. The maximum absolute atomic E-state index is 4.53. The molecule has 2 nitrogen and oxygen atoms in total. The van der Waals surface area contributed by atoms with Crippen molar-refractivity contribution in [2.75, 3.05) is 16.8 Å². The van der Waals surface area contributed by atoms with Gasteiger partial charge in [-0.15, -0.1) is 0 Å². The first-order valence-corrected chi connectivity index (χ1v) is 8.16. The molecule has 94 valence electrons. The zero-order valence-corrected chi connectivity index (χ0v) is 12.4. The van der Waals surface area contributed by atoms with Gasteiger partial charge in [0.1, 0.15) is 0 Å². The maximum Gasteiger partial charge on any atom is 0.0934 e. The van der Waals surface area contributed by atoms with Crippen LogP contribution in [0.1, 0.15) is 12.8 Å². The van der Waals surface area contributed by atoms with E-state index < -0.39 is 0 Å². The third-order valence-electron chi connectivity index (χ3n) is 3.26. The quantitative estimate of drug-likeness (QED) is 0.892. The van der Waals surface area contributed by atoms with E-state index in [2.05, 4.69) is 62.3 Å². The van der Waals surface area contributed by atoms with Crippen molar-refractivity contribution in [2.24, 2.45) is 0 Å². The molecule has 18 heavy (non-hydrogen) atoms. The lowest BCUT2D eigenvalue weighted by Gasteiger charge is -2.24. The van der Waals surface area contributed by atoms with E-state index in [9.17, 15) is 0 Å². The van der Waals surface area contributed by atoms with Gasteiger partial charge in [0.25, 0.3) is 0 Å². The van der Waals surface area contributed by atoms with Gasteiger partial charge in [0.05, 0.1) is 11.2 Å². The van der Waals surface area contributed by atoms with E-state index >= 15 is 0 Å². The molecule has 1 aromatic heterocycles. The van der Waals surface area contributed by atoms with E-state index in [4.69, 9.17) is 0 Å². The summed E-state index contributed by atoms with van der Waals surface area (Å²) in [5.74, 6) is 2.53. The highest BCUT2D eigenvalue weighted by atomic mass is 79.9. The monoisotopic (exact) mass is 322 g/mol. The Hall–Kier alpha value is -0.740. The number of halogens is 1. The zero-order valence-electron chi connectivity index (χ0n) is 10.0. The second-order valence-electron chi connectivity index (χ2n) is 4.56. The van der Waals surface area contributed by atoms with Gasteiger partial charge in [-0.1, -0.05) is 12.1 Å². The topological polar surface area (TPSA) is 24.9 Å². The van der Waals surface area contributed by atoms with E-state index in [1.807, 2.05) is 6.20 Å². The van der Waals surface area contributed by atoms with Gasteiger partial charge in [0.15, 0.2) is 0 Å². The number of anilines is 1. The van der Waals surface area contributed by atoms with Crippen molar-refractivity contribution in [3.63, 3.8) is 0 Å². The normalized spacial score (nSPS) is 16.9. The average molecular weight is 323 g/mol. The molecule has 1 aliphatic heterocycles. The van der Waals surface area contributed by atoms with Crippen LogP contribution < -0.4 is 5.32 Å². The van der Waals surface area contributed by atoms with Crippen molar-refractivity contribution in [3.8, 4) is 0 Å². The molecule has 1 aliphatic rings. The van der Waals surface area contributed by atoms with Gasteiger partial charge in [-0.05, 0) is 52.4 Å². The molecule has 0 saturated carbocycles. The Morgan fingerprint density at radius 1 is 1.28 bits per heavy atom. The predicted octanol–water partition coefficient (Wildman–Crippen LogP) is 4.30. The molecule has 1 N–H and O–H groups in total. The maximum atomic E-state index is 4.53. The summed E-state index contributed by atoms with van der Waals surface area (Å²) in [4.78, 5) is 4.53. The Morgan fingerprint density at radius 3 is 2.94 bits per heavy atom. The van der Waals surface area contributed by atoms with Crippen LogP contribution in [-0.2, 0) is 0 Å². The lowest BCUT2D eigenvalue weighted by molar-refractivity contribution is 0.667. The van der Waals surface area contributed by atoms with E-state index in [0.29, 0.717) is 6.04 Å². The van der Waals surface area contributed by atoms with Crippen molar-refractivity contribution in [2.45, 2.75) is 18.9 Å². The van der Waals surface area contributed by atoms with Gasteiger partial charge in [-0.2, -0.15) is 11.8 Å². The van der Waals surface area contributed by atoms with Crippen LogP contribution in [0.2, 0.25) is 0 Å². The third kappa shape index (κ3) is 2.64. The highest BCUT2D eigenvalue weighted by Gasteiger charge is 2.14. The number of pyridine rings is 1. The predicted molar refractivity (Wildman–Crippen MR) is 83.4 cm³/mol. The van der Waals surface area contributed by atoms with Crippen LogP contribution in [0.4, 0.5) is 5.69 Å². The van der Waals surface area contributed by atoms with Crippen LogP contribution >= 0.6 is 27.7 Å². The number of hydrogen-bond acceptors (Lipinski definition) is 3. The van der Waals surface area contributed by atoms with Crippen molar-refractivity contribution >= 4 is 44.3 Å². The molecule has 3 rings (SSSR count). The SMILES string of the molecule is Brc1cnc2c(NC3CCSCC3)cccc2c1. The average Bonchev–Trinajstić information content (AvgIpc) is 2.40. The molecule has 0 atom stereocenters. The molecule has 4 heteroatoms. The first kappa shape index (κ1) is 12.3. The fourth-order valence-corrected chi connectivity index (χ4v) is 3.77. The lowest BCUT2D eigenvalue weighted by atomic mass is 10.1. The fourth-order valence-electron chi connectivity index (χ4n) is 2.31. The van der Waals surface area contributed by atoms with Gasteiger partial charge in [0.2, 0.25) is 0 Å². The van der Waals surface area contributed by atoms with Crippen LogP contribution in [0, 0.1) is 0 Å². The summed E-state index contributed by atoms with van der Waals surface area (Å²) in [5, 5.41) is 4.83. The fraction of sp³-hybridized carbons (Fsp3) is 0.357. The molecular weight excluding hydrogens is 308 g/mol. The van der Waals surface area contributed by atoms with Crippen LogP contribution in [0.25, 0.3) is 10.9 Å². The molecule has 1 aromatic carbocycles. The van der Waals surface area contributed by atoms with Crippen LogP contribution in [-0.4, -0.2) is 22.5 Å². The Labute approximate surface area is 120 Å². The number of benzene rings is 1. The number of thioether (sulfide) groups is 1. The van der Waals surface area contributed by atoms with E-state index in [-0.39, 0.29) is 0 Å². The molecule has 0 bridgehead atoms. The third-order valence-corrected chi connectivity index (χ3v) is 4.74. The van der Waals surface area contributed by atoms with Crippen molar-refractivity contribution in [1.82, 2.24) is 4.98 Å². The summed E-state index contributed by atoms with van der Waals surface area (Å²) < 4.78 is 1.03. The molecular formula is C14H15BrN2S. The number of hydrogen-bond donors (Lipinski definition) is 1. The largest absolute Gasteiger partial charge is 0.380 e. The van der Waals surface area contributed by atoms with Crippen molar-refractivity contribution in [1.29, 1.82) is 0 Å². The van der Waals surface area contributed by atoms with Crippen LogP contribution in [0.15, 0.2) is 34.9 Å². The number of para-hydroxylation sites is 1. The van der Waals surface area contributed by atoms with Gasteiger partial charge in [0, 0.05) is 22.1 Å². The smallest absolute Gasteiger partial charge is 0.0934 e. The van der Waals surface area contributed by atoms with E-state index in [0.717, 1.165) is 15.7 Å². The van der Waals surface area contributed by atoms with Crippen LogP contribution in [0.5, 0.6) is 0 Å². The summed E-state index contributed by atoms with van der Waals surface area (Å²) in [6, 6.07) is 9.04. The molecule has 2 aromatic rings. The molecule has 2 heterocycles. The number of fused-ring (bicyclic) bond motifs is 1. The standard InChI is InChI=1S/C14H15BrN2S/c15-11-8-10-2-1-3-13(14(10)16-9-11)17-12-4-6-18-7-5-12/h1-3,8-9,12,17H,4-7H2. The Morgan fingerprint density at radius 2 is 2.11 bits per heavy atom. The number of nitrogens with zero attached hydrogens (tertiary/aromatic N) is 1. The van der Waals surface area contributed by atoms with Crippen molar-refractivity contribution in [3.05, 3.63) is 34.9 Å². The number of rotatable bonds is 2. The van der Waals surface area contributed by atoms with Crippen LogP contribution in [0.3, 0.4) is 0 Å². The summed E-state index contributed by atoms with van der Waals surface area (Å²) in [6.45, 7) is 0. The van der Waals surface area contributed by atoms with Gasteiger partial charge < -0.3 is 5.32 Å². The molecule has 0 amide bonds. The second kappa shape index (κ2) is 5.49. The summed E-state index contributed by atoms with van der Waals surface area (Å²) in [5.41, 5.74) is 2.23. The van der Waals surface area contributed by atoms with E-state index in [1.165, 1.54) is 29.7 Å². The molecule has 0 unspecified atom stereocenters. The highest BCUT2D eigenvalue weighted by molar-refractivity contribution is 9.10. The number of aromatic nitrogens is 1. The molecule has 0 aliphatic carbocycles. The first-order valence-electron chi connectivity index (χ1n) is 6.21. The van der Waals surface area contributed by atoms with E-state index in [1.54, 1.807) is 0 Å². The summed E-state index contributed by atoms with van der Waals surface area (Å²) >= 11 is 5.52.